The summed E-state index contributed by atoms with van der Waals surface area (Å²) in [5.41, 5.74) is -3.31. The van der Waals surface area contributed by atoms with Crippen LogP contribution in [-0.4, -0.2) is 83.3 Å². The van der Waals surface area contributed by atoms with Crippen LogP contribution in [0, 0.1) is 23.2 Å². The Labute approximate surface area is 231 Å². The van der Waals surface area contributed by atoms with Crippen LogP contribution < -0.4 is 0 Å². The molecule has 12 unspecified atom stereocenters. The van der Waals surface area contributed by atoms with Crippen LogP contribution in [0.15, 0.2) is 24.3 Å². The van der Waals surface area contributed by atoms with Gasteiger partial charge in [-0.1, -0.05) is 26.5 Å². The maximum atomic E-state index is 13.1. The molecule has 0 aromatic rings. The Balaban J connectivity index is 2.02. The maximum Gasteiger partial charge on any atom is 0.312 e. The summed E-state index contributed by atoms with van der Waals surface area (Å²) in [7, 11) is 0. The van der Waals surface area contributed by atoms with Crippen molar-refractivity contribution in [1.82, 2.24) is 0 Å². The van der Waals surface area contributed by atoms with Gasteiger partial charge in [0.1, 0.15) is 24.4 Å². The van der Waals surface area contributed by atoms with E-state index in [4.69, 9.17) is 28.4 Å². The van der Waals surface area contributed by atoms with Gasteiger partial charge in [0.25, 0.3) is 0 Å². The van der Waals surface area contributed by atoms with Gasteiger partial charge >= 0.3 is 29.8 Å². The fraction of sp³-hybridized carbons (Fsp3) is 0.679. The third-order valence-corrected chi connectivity index (χ3v) is 8.71. The van der Waals surface area contributed by atoms with E-state index >= 15 is 0 Å². The van der Waals surface area contributed by atoms with E-state index in [1.54, 1.807) is 19.9 Å². The summed E-state index contributed by atoms with van der Waals surface area (Å²) < 4.78 is 34.5. The van der Waals surface area contributed by atoms with Crippen LogP contribution in [0.4, 0.5) is 0 Å². The minimum atomic E-state index is -2.26. The number of rotatable bonds is 4. The molecule has 0 aromatic heterocycles. The predicted octanol–water partition coefficient (Wildman–Crippen LogP) is 1.17. The van der Waals surface area contributed by atoms with E-state index in [-0.39, 0.29) is 5.57 Å². The van der Waals surface area contributed by atoms with Crippen molar-refractivity contribution < 1.29 is 57.5 Å². The second-order valence-corrected chi connectivity index (χ2v) is 11.3. The number of ether oxygens (including phenoxy) is 6. The molecule has 0 radical (unpaired) electrons. The van der Waals surface area contributed by atoms with Crippen molar-refractivity contribution in [3.05, 3.63) is 24.3 Å². The molecular weight excluding hydrogens is 528 g/mol. The molecule has 2 saturated heterocycles. The standard InChI is InChI=1S/C28H36O12/c1-11-9-10-18(35-14(4)29)27(8)19(12(2)21(37-16(6)31)22-24(27)39-22)23(38-17(7)32)28(34)13(3)26(33)40-25(28)20(11)36-15(5)30/h9-10,12-13,18-25,34H,1H2,2-8H3. The Morgan fingerprint density at radius 3 is 2.05 bits per heavy atom. The zero-order chi connectivity index (χ0) is 29.9. The number of epoxide rings is 1. The van der Waals surface area contributed by atoms with Crippen molar-refractivity contribution in [2.75, 3.05) is 0 Å². The molecule has 4 rings (SSSR count). The molecule has 1 N–H and O–H groups in total. The molecule has 0 bridgehead atoms. The van der Waals surface area contributed by atoms with Gasteiger partial charge in [0, 0.05) is 44.9 Å². The Morgan fingerprint density at radius 1 is 0.925 bits per heavy atom. The van der Waals surface area contributed by atoms with Gasteiger partial charge in [-0.25, -0.2) is 0 Å². The first-order chi connectivity index (χ1) is 18.5. The topological polar surface area (TPSA) is 164 Å². The smallest absolute Gasteiger partial charge is 0.312 e. The first-order valence-electron chi connectivity index (χ1n) is 13.2. The largest absolute Gasteiger partial charge is 0.459 e. The van der Waals surface area contributed by atoms with Crippen molar-refractivity contribution in [2.45, 2.75) is 96.8 Å². The van der Waals surface area contributed by atoms with Gasteiger partial charge in [-0.05, 0) is 18.6 Å². The van der Waals surface area contributed by atoms with Gasteiger partial charge < -0.3 is 33.5 Å². The Bertz CT molecular complexity index is 1160. The second kappa shape index (κ2) is 10.3. The zero-order valence-corrected chi connectivity index (χ0v) is 23.6. The van der Waals surface area contributed by atoms with Crippen molar-refractivity contribution in [1.29, 1.82) is 0 Å². The van der Waals surface area contributed by atoms with Crippen molar-refractivity contribution in [2.24, 2.45) is 23.2 Å². The molecule has 0 spiro atoms. The molecule has 2 heterocycles. The summed E-state index contributed by atoms with van der Waals surface area (Å²) in [6.45, 7) is 13.7. The SMILES string of the molecule is C=C1C=CC(OC(C)=O)C2(C)C3OC3C(OC(C)=O)C(C)C2C(OC(C)=O)C2(O)C(C)C(=O)OC2C1OC(C)=O. The quantitative estimate of drug-likeness (QED) is 0.295. The Kier molecular flexibility index (Phi) is 7.65. The fourth-order valence-corrected chi connectivity index (χ4v) is 6.93. The highest BCUT2D eigenvalue weighted by molar-refractivity contribution is 5.78. The van der Waals surface area contributed by atoms with Gasteiger partial charge in [-0.2, -0.15) is 0 Å². The predicted molar refractivity (Wildman–Crippen MR) is 134 cm³/mol. The van der Waals surface area contributed by atoms with Gasteiger partial charge in [0.05, 0.1) is 12.0 Å². The third-order valence-electron chi connectivity index (χ3n) is 8.71. The molecule has 0 aromatic carbocycles. The number of aliphatic hydroxyl groups is 1. The molecule has 2 aliphatic heterocycles. The van der Waals surface area contributed by atoms with Crippen LogP contribution in [0.2, 0.25) is 0 Å². The van der Waals surface area contributed by atoms with Crippen LogP contribution in [0.1, 0.15) is 48.5 Å². The van der Waals surface area contributed by atoms with E-state index in [1.165, 1.54) is 26.8 Å². The minimum absolute atomic E-state index is 0.135. The summed E-state index contributed by atoms with van der Waals surface area (Å²) in [4.78, 5) is 62.2. The van der Waals surface area contributed by atoms with Gasteiger partial charge in [-0.15, -0.1) is 0 Å². The number of fused-ring (bicyclic) bond motifs is 4. The van der Waals surface area contributed by atoms with Gasteiger partial charge in [-0.3, -0.25) is 24.0 Å². The van der Waals surface area contributed by atoms with Crippen LogP contribution in [0.25, 0.3) is 0 Å². The average molecular weight is 565 g/mol. The van der Waals surface area contributed by atoms with Crippen molar-refractivity contribution in [3.63, 3.8) is 0 Å². The highest BCUT2D eigenvalue weighted by atomic mass is 16.6. The molecule has 1 saturated carbocycles. The molecule has 4 aliphatic rings. The Hall–Kier alpha value is -3.25. The summed E-state index contributed by atoms with van der Waals surface area (Å²) >= 11 is 0. The first-order valence-corrected chi connectivity index (χ1v) is 13.2. The molecule has 220 valence electrons. The molecule has 3 fully saturated rings. The number of hydrogen-bond acceptors (Lipinski definition) is 12. The summed E-state index contributed by atoms with van der Waals surface area (Å²) in [5.74, 6) is -6.36. The number of esters is 5. The first kappa shape index (κ1) is 29.7. The zero-order valence-electron chi connectivity index (χ0n) is 23.6. The molecule has 12 atom stereocenters. The Morgan fingerprint density at radius 2 is 1.50 bits per heavy atom. The lowest BCUT2D eigenvalue weighted by Crippen LogP contribution is -2.68. The van der Waals surface area contributed by atoms with E-state index in [0.29, 0.717) is 0 Å². The van der Waals surface area contributed by atoms with E-state index in [0.717, 1.165) is 13.8 Å². The lowest BCUT2D eigenvalue weighted by Gasteiger charge is -2.54. The van der Waals surface area contributed by atoms with E-state index < -0.39 is 101 Å². The fourth-order valence-electron chi connectivity index (χ4n) is 6.93. The summed E-state index contributed by atoms with van der Waals surface area (Å²) in [6, 6.07) is 0. The monoisotopic (exact) mass is 564 g/mol. The lowest BCUT2D eigenvalue weighted by atomic mass is 9.54. The van der Waals surface area contributed by atoms with Crippen LogP contribution >= 0.6 is 0 Å². The van der Waals surface area contributed by atoms with E-state index in [2.05, 4.69) is 6.58 Å². The molecule has 40 heavy (non-hydrogen) atoms. The van der Waals surface area contributed by atoms with E-state index in [1.807, 2.05) is 0 Å². The van der Waals surface area contributed by atoms with Crippen molar-refractivity contribution >= 4 is 29.8 Å². The third kappa shape index (κ3) is 4.70. The summed E-state index contributed by atoms with van der Waals surface area (Å²) in [6.07, 6.45) is -4.41. The number of carbonyl (C=O) groups excluding carboxylic acids is 5. The van der Waals surface area contributed by atoms with Crippen LogP contribution in [0.5, 0.6) is 0 Å². The molecule has 2 aliphatic carbocycles. The highest BCUT2D eigenvalue weighted by Gasteiger charge is 2.75. The normalized spacial score (nSPS) is 43.7. The van der Waals surface area contributed by atoms with E-state index in [9.17, 15) is 29.1 Å². The average Bonchev–Trinajstić information content (AvgIpc) is 3.61. The maximum absolute atomic E-state index is 13.1. The lowest BCUT2D eigenvalue weighted by molar-refractivity contribution is -0.230. The minimum Gasteiger partial charge on any atom is -0.459 e. The van der Waals surface area contributed by atoms with Crippen LogP contribution in [0.3, 0.4) is 0 Å². The molecule has 12 heteroatoms. The van der Waals surface area contributed by atoms with Gasteiger partial charge in [0.2, 0.25) is 0 Å². The molecule has 12 nitrogen and oxygen atoms in total. The highest BCUT2D eigenvalue weighted by Crippen LogP contribution is 2.61. The molecular formula is C28H36O12. The second-order valence-electron chi connectivity index (χ2n) is 11.3. The van der Waals surface area contributed by atoms with Crippen molar-refractivity contribution in [3.8, 4) is 0 Å². The number of hydrogen-bond donors (Lipinski definition) is 1. The molecule has 0 amide bonds. The summed E-state index contributed by atoms with van der Waals surface area (Å²) in [5, 5.41) is 12.6. The van der Waals surface area contributed by atoms with Crippen LogP contribution in [-0.2, 0) is 52.4 Å². The number of carbonyl (C=O) groups is 5. The van der Waals surface area contributed by atoms with Gasteiger partial charge in [0.15, 0.2) is 17.8 Å².